The third-order valence-electron chi connectivity index (χ3n) is 3.87. The van der Waals surface area contributed by atoms with Gasteiger partial charge in [0.15, 0.2) is 0 Å². The minimum Gasteiger partial charge on any atom is -0.508 e. The first-order valence-electron chi connectivity index (χ1n) is 8.31. The van der Waals surface area contributed by atoms with Crippen LogP contribution in [-0.4, -0.2) is 53.8 Å². The third-order valence-corrected chi connectivity index (χ3v) is 3.87. The number of phenolic OH excluding ortho intramolecular Hbond substituents is 1. The maximum Gasteiger partial charge on any atom is 0.407 e. The molecule has 0 bridgehead atoms. The molecule has 0 radical (unpaired) electrons. The van der Waals surface area contributed by atoms with Crippen molar-refractivity contribution in [3.63, 3.8) is 0 Å². The van der Waals surface area contributed by atoms with Crippen molar-refractivity contribution in [1.29, 1.82) is 0 Å². The Morgan fingerprint density at radius 2 is 2.08 bits per heavy atom. The van der Waals surface area contributed by atoms with Crippen LogP contribution in [0.5, 0.6) is 11.5 Å². The number of rotatable bonds is 4. The first-order valence-corrected chi connectivity index (χ1v) is 8.31. The minimum absolute atomic E-state index is 0.0719. The summed E-state index contributed by atoms with van der Waals surface area (Å²) < 4.78 is 10.5. The summed E-state index contributed by atoms with van der Waals surface area (Å²) in [7, 11) is 1.52. The van der Waals surface area contributed by atoms with Gasteiger partial charge in [-0.3, -0.25) is 4.79 Å². The van der Waals surface area contributed by atoms with Crippen molar-refractivity contribution in [3.05, 3.63) is 23.8 Å². The van der Waals surface area contributed by atoms with Crippen LogP contribution in [0.25, 0.3) is 0 Å². The summed E-state index contributed by atoms with van der Waals surface area (Å²) in [6.45, 7) is 6.43. The summed E-state index contributed by atoms with van der Waals surface area (Å²) in [6.07, 6.45) is 0.347. The van der Waals surface area contributed by atoms with E-state index in [1.54, 1.807) is 31.7 Å². The second-order valence-corrected chi connectivity index (χ2v) is 7.14. The Labute approximate surface area is 147 Å². The maximum absolute atomic E-state index is 12.5. The number of hydrogen-bond donors (Lipinski definition) is 2. The molecule has 7 heteroatoms. The molecular weight excluding hydrogens is 324 g/mol. The Hall–Kier alpha value is -2.44. The number of hydrogen-bond acceptors (Lipinski definition) is 5. The number of carbonyl (C=O) groups is 2. The van der Waals surface area contributed by atoms with E-state index < -0.39 is 11.7 Å². The monoisotopic (exact) mass is 350 g/mol. The average Bonchev–Trinajstić information content (AvgIpc) is 2.94. The van der Waals surface area contributed by atoms with Crippen LogP contribution in [0, 0.1) is 0 Å². The van der Waals surface area contributed by atoms with Gasteiger partial charge in [0.25, 0.3) is 0 Å². The van der Waals surface area contributed by atoms with Crippen LogP contribution < -0.4 is 10.1 Å². The van der Waals surface area contributed by atoms with Crippen molar-refractivity contribution in [2.24, 2.45) is 0 Å². The first kappa shape index (κ1) is 18.9. The summed E-state index contributed by atoms with van der Waals surface area (Å²) in [4.78, 5) is 26.0. The molecule has 1 aromatic carbocycles. The van der Waals surface area contributed by atoms with Crippen molar-refractivity contribution in [2.45, 2.75) is 45.3 Å². The summed E-state index contributed by atoms with van der Waals surface area (Å²) in [5, 5.41) is 12.4. The van der Waals surface area contributed by atoms with Crippen LogP contribution in [0.15, 0.2) is 18.2 Å². The molecule has 2 amide bonds. The first-order chi connectivity index (χ1) is 11.7. The highest BCUT2D eigenvalue weighted by Crippen LogP contribution is 2.24. The van der Waals surface area contributed by atoms with Crippen molar-refractivity contribution < 1.29 is 24.2 Å². The number of aromatic hydroxyl groups is 1. The van der Waals surface area contributed by atoms with E-state index in [1.165, 1.54) is 19.2 Å². The highest BCUT2D eigenvalue weighted by Gasteiger charge is 2.29. The van der Waals surface area contributed by atoms with Crippen molar-refractivity contribution in [1.82, 2.24) is 10.2 Å². The van der Waals surface area contributed by atoms with Gasteiger partial charge in [-0.2, -0.15) is 0 Å². The molecule has 1 aromatic rings. The van der Waals surface area contributed by atoms with E-state index in [0.717, 1.165) is 0 Å². The number of methoxy groups -OCH3 is 1. The van der Waals surface area contributed by atoms with E-state index >= 15 is 0 Å². The van der Waals surface area contributed by atoms with Crippen LogP contribution in [0.4, 0.5) is 4.79 Å². The molecule has 1 heterocycles. The van der Waals surface area contributed by atoms with Gasteiger partial charge in [0.05, 0.1) is 19.6 Å². The molecule has 7 nitrogen and oxygen atoms in total. The van der Waals surface area contributed by atoms with Gasteiger partial charge < -0.3 is 24.8 Å². The predicted molar refractivity (Wildman–Crippen MR) is 92.7 cm³/mol. The van der Waals surface area contributed by atoms with E-state index in [4.69, 9.17) is 9.47 Å². The van der Waals surface area contributed by atoms with E-state index in [2.05, 4.69) is 5.32 Å². The van der Waals surface area contributed by atoms with Gasteiger partial charge in [-0.1, -0.05) is 0 Å². The molecule has 1 fully saturated rings. The highest BCUT2D eigenvalue weighted by atomic mass is 16.6. The van der Waals surface area contributed by atoms with Crippen molar-refractivity contribution in [2.75, 3.05) is 20.2 Å². The zero-order valence-electron chi connectivity index (χ0n) is 15.2. The highest BCUT2D eigenvalue weighted by molar-refractivity contribution is 5.80. The fourth-order valence-corrected chi connectivity index (χ4v) is 2.76. The van der Waals surface area contributed by atoms with Gasteiger partial charge in [0.2, 0.25) is 5.91 Å². The molecular formula is C18H26N2O5. The summed E-state index contributed by atoms with van der Waals surface area (Å²) in [5.74, 6) is 0.584. The molecule has 1 aliphatic heterocycles. The molecule has 0 aromatic heterocycles. The van der Waals surface area contributed by atoms with Crippen LogP contribution in [0.2, 0.25) is 0 Å². The van der Waals surface area contributed by atoms with Gasteiger partial charge in [-0.05, 0) is 45.4 Å². The average molecular weight is 350 g/mol. The zero-order valence-corrected chi connectivity index (χ0v) is 15.2. The number of nitrogens with one attached hydrogen (secondary N) is 1. The number of ether oxygens (including phenoxy) is 2. The van der Waals surface area contributed by atoms with E-state index in [9.17, 15) is 14.7 Å². The van der Waals surface area contributed by atoms with Crippen LogP contribution in [0.1, 0.15) is 32.8 Å². The quantitative estimate of drug-likeness (QED) is 0.868. The second kappa shape index (κ2) is 7.63. The lowest BCUT2D eigenvalue weighted by Crippen LogP contribution is -2.41. The summed E-state index contributed by atoms with van der Waals surface area (Å²) in [6, 6.07) is 4.56. The normalized spacial score (nSPS) is 17.3. The number of alkyl carbamates (subject to hydrolysis) is 1. The van der Waals surface area contributed by atoms with Gasteiger partial charge >= 0.3 is 6.09 Å². The fourth-order valence-electron chi connectivity index (χ4n) is 2.76. The number of carbonyl (C=O) groups excluding carboxylic acids is 2. The molecule has 138 valence electrons. The molecule has 0 saturated carbocycles. The molecule has 2 N–H and O–H groups in total. The lowest BCUT2D eigenvalue weighted by Gasteiger charge is -2.22. The molecule has 25 heavy (non-hydrogen) atoms. The van der Waals surface area contributed by atoms with E-state index in [1.807, 2.05) is 0 Å². The number of nitrogens with zero attached hydrogens (tertiary/aromatic N) is 1. The minimum atomic E-state index is -0.552. The molecule has 1 atom stereocenters. The summed E-state index contributed by atoms with van der Waals surface area (Å²) >= 11 is 0. The molecule has 1 saturated heterocycles. The van der Waals surface area contributed by atoms with Crippen LogP contribution in [-0.2, 0) is 16.0 Å². The van der Waals surface area contributed by atoms with Gasteiger partial charge in [0, 0.05) is 18.7 Å². The van der Waals surface area contributed by atoms with Gasteiger partial charge in [-0.25, -0.2) is 4.79 Å². The fraction of sp³-hybridized carbons (Fsp3) is 0.556. The molecule has 0 spiro atoms. The SMILES string of the molecule is COc1ccc(O)cc1CC(=O)N1CC[C@@H](NC(=O)OC(C)(C)C)C1. The molecule has 2 rings (SSSR count). The number of benzene rings is 1. The zero-order chi connectivity index (χ0) is 18.6. The van der Waals surface area contributed by atoms with Gasteiger partial charge in [0.1, 0.15) is 17.1 Å². The van der Waals surface area contributed by atoms with E-state index in [-0.39, 0.29) is 24.1 Å². The Bertz CT molecular complexity index is 639. The number of amides is 2. The number of likely N-dealkylation sites (tertiary alicyclic amines) is 1. The Balaban J connectivity index is 1.90. The van der Waals surface area contributed by atoms with Gasteiger partial charge in [-0.15, -0.1) is 0 Å². The van der Waals surface area contributed by atoms with Crippen LogP contribution in [0.3, 0.4) is 0 Å². The van der Waals surface area contributed by atoms with Crippen molar-refractivity contribution >= 4 is 12.0 Å². The smallest absolute Gasteiger partial charge is 0.407 e. The van der Waals surface area contributed by atoms with Crippen LogP contribution >= 0.6 is 0 Å². The standard InChI is InChI=1S/C18H26N2O5/c1-18(2,3)25-17(23)19-13-7-8-20(11-13)16(22)10-12-9-14(21)5-6-15(12)24-4/h5-6,9,13,21H,7-8,10-11H2,1-4H3,(H,19,23)/t13-/m1/s1. The Morgan fingerprint density at radius 3 is 2.72 bits per heavy atom. The maximum atomic E-state index is 12.5. The Kier molecular flexibility index (Phi) is 5.77. The largest absolute Gasteiger partial charge is 0.508 e. The molecule has 0 aliphatic carbocycles. The Morgan fingerprint density at radius 1 is 1.36 bits per heavy atom. The third kappa shape index (κ3) is 5.55. The van der Waals surface area contributed by atoms with E-state index in [0.29, 0.717) is 30.8 Å². The molecule has 0 unspecified atom stereocenters. The lowest BCUT2D eigenvalue weighted by atomic mass is 10.1. The second-order valence-electron chi connectivity index (χ2n) is 7.14. The topological polar surface area (TPSA) is 88.1 Å². The number of phenols is 1. The van der Waals surface area contributed by atoms with Crippen molar-refractivity contribution in [3.8, 4) is 11.5 Å². The molecule has 1 aliphatic rings. The summed E-state index contributed by atoms with van der Waals surface area (Å²) in [5.41, 5.74) is 0.0837. The predicted octanol–water partition coefficient (Wildman–Crippen LogP) is 2.07. The lowest BCUT2D eigenvalue weighted by molar-refractivity contribution is -0.129.